The molecular formula is C17H16BrNO2S. The number of terminal acetylenes is 1. The second kappa shape index (κ2) is 7.10. The van der Waals surface area contributed by atoms with Crippen LogP contribution in [-0.4, -0.2) is 8.42 Å². The lowest BCUT2D eigenvalue weighted by Gasteiger charge is -2.18. The van der Waals surface area contributed by atoms with E-state index in [2.05, 4.69) is 26.6 Å². The molecule has 22 heavy (non-hydrogen) atoms. The summed E-state index contributed by atoms with van der Waals surface area (Å²) in [5.41, 5.74) is 1.82. The predicted octanol–water partition coefficient (Wildman–Crippen LogP) is 3.80. The molecule has 0 saturated carbocycles. The highest BCUT2D eigenvalue weighted by Gasteiger charge is 2.22. The minimum absolute atomic E-state index is 0.229. The summed E-state index contributed by atoms with van der Waals surface area (Å²) >= 11 is 3.44. The van der Waals surface area contributed by atoms with Crippen molar-refractivity contribution in [3.8, 4) is 12.3 Å². The van der Waals surface area contributed by atoms with Crippen LogP contribution in [0, 0.1) is 19.3 Å². The molecule has 3 nitrogen and oxygen atoms in total. The van der Waals surface area contributed by atoms with Gasteiger partial charge in [-0.05, 0) is 30.7 Å². The van der Waals surface area contributed by atoms with Crippen LogP contribution in [0.3, 0.4) is 0 Å². The third kappa shape index (κ3) is 3.98. The number of halogens is 1. The Hall–Kier alpha value is -1.61. The van der Waals surface area contributed by atoms with Crippen LogP contribution < -0.4 is 4.72 Å². The summed E-state index contributed by atoms with van der Waals surface area (Å²) in [6, 6.07) is 13.7. The topological polar surface area (TPSA) is 46.2 Å². The van der Waals surface area contributed by atoms with Gasteiger partial charge in [0, 0.05) is 10.9 Å². The van der Waals surface area contributed by atoms with E-state index in [4.69, 9.17) is 6.42 Å². The zero-order valence-corrected chi connectivity index (χ0v) is 14.5. The molecule has 1 atom stereocenters. The van der Waals surface area contributed by atoms with Crippen LogP contribution in [0.5, 0.6) is 0 Å². The fraction of sp³-hybridized carbons (Fsp3) is 0.176. The van der Waals surface area contributed by atoms with Crippen molar-refractivity contribution in [3.63, 3.8) is 0 Å². The van der Waals surface area contributed by atoms with Gasteiger partial charge in [0.15, 0.2) is 0 Å². The van der Waals surface area contributed by atoms with Crippen molar-refractivity contribution in [2.75, 3.05) is 0 Å². The Morgan fingerprint density at radius 1 is 1.18 bits per heavy atom. The summed E-state index contributed by atoms with van der Waals surface area (Å²) < 4.78 is 28.5. The summed E-state index contributed by atoms with van der Waals surface area (Å²) in [4.78, 5) is 0.229. The predicted molar refractivity (Wildman–Crippen MR) is 91.8 cm³/mol. The van der Waals surface area contributed by atoms with Gasteiger partial charge in [0.05, 0.1) is 10.9 Å². The summed E-state index contributed by atoms with van der Waals surface area (Å²) in [7, 11) is -3.63. The van der Waals surface area contributed by atoms with E-state index in [9.17, 15) is 8.42 Å². The Kier molecular flexibility index (Phi) is 5.41. The van der Waals surface area contributed by atoms with Crippen molar-refractivity contribution in [1.29, 1.82) is 0 Å². The number of sulfonamides is 1. The molecule has 0 spiro atoms. The zero-order valence-electron chi connectivity index (χ0n) is 12.1. The van der Waals surface area contributed by atoms with Gasteiger partial charge in [-0.25, -0.2) is 13.1 Å². The Morgan fingerprint density at radius 2 is 1.82 bits per heavy atom. The maximum absolute atomic E-state index is 12.5. The van der Waals surface area contributed by atoms with E-state index in [1.165, 1.54) is 0 Å². The molecule has 2 aromatic rings. The van der Waals surface area contributed by atoms with Crippen molar-refractivity contribution in [2.45, 2.75) is 24.3 Å². The maximum atomic E-state index is 12.5. The van der Waals surface area contributed by atoms with Gasteiger partial charge >= 0.3 is 0 Å². The minimum Gasteiger partial charge on any atom is -0.207 e. The van der Waals surface area contributed by atoms with Crippen molar-refractivity contribution in [2.24, 2.45) is 0 Å². The highest BCUT2D eigenvalue weighted by Crippen LogP contribution is 2.27. The Labute approximate surface area is 139 Å². The zero-order chi connectivity index (χ0) is 16.2. The molecule has 0 bridgehead atoms. The lowest BCUT2D eigenvalue weighted by molar-refractivity contribution is 0.559. The van der Waals surface area contributed by atoms with Gasteiger partial charge < -0.3 is 0 Å². The summed E-state index contributed by atoms with van der Waals surface area (Å²) in [6.45, 7) is 1.91. The van der Waals surface area contributed by atoms with Crippen LogP contribution in [0.25, 0.3) is 0 Å². The number of hydrogen-bond donors (Lipinski definition) is 1. The fourth-order valence-corrected chi connectivity index (χ4v) is 3.84. The molecule has 0 fully saturated rings. The third-order valence-electron chi connectivity index (χ3n) is 3.23. The SMILES string of the molecule is C#CC[C@H](NS(=O)(=O)c1ccc(C)cc1)c1ccccc1Br. The van der Waals surface area contributed by atoms with Gasteiger partial charge in [-0.3, -0.25) is 0 Å². The van der Waals surface area contributed by atoms with Crippen LogP contribution in [0.4, 0.5) is 0 Å². The summed E-state index contributed by atoms with van der Waals surface area (Å²) in [5, 5.41) is 0. The van der Waals surface area contributed by atoms with E-state index in [-0.39, 0.29) is 11.3 Å². The first kappa shape index (κ1) is 16.8. The number of aryl methyl sites for hydroxylation is 1. The molecular weight excluding hydrogens is 362 g/mol. The van der Waals surface area contributed by atoms with Crippen LogP contribution in [0.15, 0.2) is 57.9 Å². The van der Waals surface area contributed by atoms with Crippen LogP contribution in [0.2, 0.25) is 0 Å². The molecule has 1 N–H and O–H groups in total. The number of hydrogen-bond acceptors (Lipinski definition) is 2. The lowest BCUT2D eigenvalue weighted by atomic mass is 10.1. The van der Waals surface area contributed by atoms with Crippen molar-refractivity contribution < 1.29 is 8.42 Å². The van der Waals surface area contributed by atoms with E-state index in [1.807, 2.05) is 31.2 Å². The Morgan fingerprint density at radius 3 is 2.41 bits per heavy atom. The van der Waals surface area contributed by atoms with Crippen LogP contribution in [0.1, 0.15) is 23.6 Å². The molecule has 0 unspecified atom stereocenters. The number of nitrogens with one attached hydrogen (secondary N) is 1. The van der Waals surface area contributed by atoms with Gasteiger partial charge in [-0.1, -0.05) is 51.8 Å². The van der Waals surface area contributed by atoms with Gasteiger partial charge in [-0.2, -0.15) is 0 Å². The standard InChI is InChI=1S/C17H16BrNO2S/c1-3-6-17(15-7-4-5-8-16(15)18)19-22(20,21)14-11-9-13(2)10-12-14/h1,4-5,7-12,17,19H,6H2,2H3/t17-/m0/s1. The first-order valence-corrected chi connectivity index (χ1v) is 8.98. The highest BCUT2D eigenvalue weighted by molar-refractivity contribution is 9.10. The second-order valence-corrected chi connectivity index (χ2v) is 7.49. The monoisotopic (exact) mass is 377 g/mol. The van der Waals surface area contributed by atoms with Gasteiger partial charge in [0.25, 0.3) is 0 Å². The van der Waals surface area contributed by atoms with Crippen molar-refractivity contribution in [1.82, 2.24) is 4.72 Å². The van der Waals surface area contributed by atoms with E-state index in [0.29, 0.717) is 0 Å². The van der Waals surface area contributed by atoms with Gasteiger partial charge in [0.1, 0.15) is 0 Å². The third-order valence-corrected chi connectivity index (χ3v) is 5.44. The molecule has 0 aliphatic carbocycles. The summed E-state index contributed by atoms with van der Waals surface area (Å²) in [6.07, 6.45) is 5.67. The molecule has 0 aliphatic rings. The fourth-order valence-electron chi connectivity index (χ4n) is 2.06. The van der Waals surface area contributed by atoms with Crippen molar-refractivity contribution >= 4 is 26.0 Å². The molecule has 2 rings (SSSR count). The molecule has 0 aromatic heterocycles. The molecule has 0 saturated heterocycles. The average molecular weight is 378 g/mol. The van der Waals surface area contributed by atoms with E-state index in [1.54, 1.807) is 24.3 Å². The van der Waals surface area contributed by atoms with E-state index < -0.39 is 16.1 Å². The lowest BCUT2D eigenvalue weighted by Crippen LogP contribution is -2.28. The number of rotatable bonds is 5. The molecule has 114 valence electrons. The summed E-state index contributed by atoms with van der Waals surface area (Å²) in [5.74, 6) is 2.53. The van der Waals surface area contributed by atoms with Crippen molar-refractivity contribution in [3.05, 3.63) is 64.1 Å². The maximum Gasteiger partial charge on any atom is 0.241 e. The average Bonchev–Trinajstić information content (AvgIpc) is 2.47. The van der Waals surface area contributed by atoms with Crippen LogP contribution >= 0.6 is 15.9 Å². The van der Waals surface area contributed by atoms with Gasteiger partial charge in [-0.15, -0.1) is 12.3 Å². The van der Waals surface area contributed by atoms with E-state index >= 15 is 0 Å². The molecule has 0 amide bonds. The largest absolute Gasteiger partial charge is 0.241 e. The minimum atomic E-state index is -3.63. The second-order valence-electron chi connectivity index (χ2n) is 4.92. The molecule has 5 heteroatoms. The normalized spacial score (nSPS) is 12.6. The molecule has 0 radical (unpaired) electrons. The quantitative estimate of drug-likeness (QED) is 0.805. The molecule has 0 heterocycles. The number of benzene rings is 2. The Balaban J connectivity index is 2.34. The smallest absolute Gasteiger partial charge is 0.207 e. The first-order valence-electron chi connectivity index (χ1n) is 6.71. The first-order chi connectivity index (χ1) is 10.4. The highest BCUT2D eigenvalue weighted by atomic mass is 79.9. The Bertz CT molecular complexity index is 792. The van der Waals surface area contributed by atoms with Crippen LogP contribution in [-0.2, 0) is 10.0 Å². The molecule has 2 aromatic carbocycles. The molecule has 0 aliphatic heterocycles. The van der Waals surface area contributed by atoms with Gasteiger partial charge in [0.2, 0.25) is 10.0 Å². The van der Waals surface area contributed by atoms with E-state index in [0.717, 1.165) is 15.6 Å².